The number of nitrogens with one attached hydrogen (secondary N) is 1. The van der Waals surface area contributed by atoms with Crippen molar-refractivity contribution >= 4 is 28.7 Å². The second-order valence-electron chi connectivity index (χ2n) is 9.67. The minimum atomic E-state index is -4.54. The smallest absolute Gasteiger partial charge is 0.416 e. The molecule has 1 aliphatic heterocycles. The SMILES string of the molecule is Cc1ccc(C(=O)Nc2ccc(CN3CCN(C)CC3)c(C(F)(F)F)c2)cc1-c1ccc2oc(N)nc2c1. The number of aryl methyl sites for hydroxylation is 1. The molecule has 0 bridgehead atoms. The van der Waals surface area contributed by atoms with Crippen LogP contribution in [0.1, 0.15) is 27.0 Å². The Balaban J connectivity index is 1.38. The van der Waals surface area contributed by atoms with Gasteiger partial charge in [0.25, 0.3) is 11.9 Å². The van der Waals surface area contributed by atoms with Crippen LogP contribution in [0, 0.1) is 6.92 Å². The number of likely N-dealkylation sites (N-methyl/N-ethyl adjacent to an activating group) is 1. The highest BCUT2D eigenvalue weighted by Gasteiger charge is 2.34. The van der Waals surface area contributed by atoms with E-state index in [1.807, 2.05) is 31.0 Å². The molecule has 0 aliphatic carbocycles. The van der Waals surface area contributed by atoms with Crippen molar-refractivity contribution in [1.82, 2.24) is 14.8 Å². The first-order valence-electron chi connectivity index (χ1n) is 12.3. The van der Waals surface area contributed by atoms with Crippen molar-refractivity contribution in [3.63, 3.8) is 0 Å². The third-order valence-corrected chi connectivity index (χ3v) is 6.88. The number of alkyl halides is 3. The van der Waals surface area contributed by atoms with Gasteiger partial charge in [0.1, 0.15) is 5.52 Å². The summed E-state index contributed by atoms with van der Waals surface area (Å²) in [5, 5.41) is 2.64. The number of oxazole rings is 1. The molecule has 1 saturated heterocycles. The molecule has 0 spiro atoms. The molecule has 0 atom stereocenters. The van der Waals surface area contributed by atoms with E-state index in [1.165, 1.54) is 12.1 Å². The van der Waals surface area contributed by atoms with Crippen LogP contribution in [0.5, 0.6) is 0 Å². The minimum Gasteiger partial charge on any atom is -0.424 e. The fraction of sp³-hybridized carbons (Fsp3) is 0.286. The summed E-state index contributed by atoms with van der Waals surface area (Å²) in [5.74, 6) is -0.502. The van der Waals surface area contributed by atoms with Crippen molar-refractivity contribution < 1.29 is 22.4 Å². The number of aromatic nitrogens is 1. The average Bonchev–Trinajstić information content (AvgIpc) is 3.25. The van der Waals surface area contributed by atoms with E-state index in [0.717, 1.165) is 35.8 Å². The zero-order valence-electron chi connectivity index (χ0n) is 21.1. The predicted molar refractivity (Wildman–Crippen MR) is 141 cm³/mol. The zero-order valence-corrected chi connectivity index (χ0v) is 21.1. The van der Waals surface area contributed by atoms with Crippen LogP contribution in [-0.2, 0) is 12.7 Å². The maximum Gasteiger partial charge on any atom is 0.416 e. The number of piperazine rings is 1. The maximum atomic E-state index is 13.9. The summed E-state index contributed by atoms with van der Waals surface area (Å²) in [7, 11) is 2.00. The molecule has 0 unspecified atom stereocenters. The number of fused-ring (bicyclic) bond motifs is 1. The van der Waals surface area contributed by atoms with Crippen molar-refractivity contribution in [2.75, 3.05) is 44.3 Å². The highest BCUT2D eigenvalue weighted by atomic mass is 19.4. The number of halogens is 3. The quantitative estimate of drug-likeness (QED) is 0.364. The van der Waals surface area contributed by atoms with Crippen molar-refractivity contribution in [2.45, 2.75) is 19.6 Å². The number of rotatable bonds is 5. The van der Waals surface area contributed by atoms with Gasteiger partial charge in [0.05, 0.1) is 5.56 Å². The second kappa shape index (κ2) is 10.1. The highest BCUT2D eigenvalue weighted by Crippen LogP contribution is 2.35. The van der Waals surface area contributed by atoms with E-state index in [0.29, 0.717) is 29.8 Å². The number of benzene rings is 3. The van der Waals surface area contributed by atoms with E-state index < -0.39 is 17.6 Å². The maximum absolute atomic E-state index is 13.9. The summed E-state index contributed by atoms with van der Waals surface area (Å²) in [6, 6.07) is 14.6. The molecule has 1 aromatic heterocycles. The van der Waals surface area contributed by atoms with Gasteiger partial charge in [0.15, 0.2) is 5.58 Å². The fourth-order valence-electron chi connectivity index (χ4n) is 4.69. The van der Waals surface area contributed by atoms with E-state index in [1.54, 1.807) is 24.3 Å². The molecule has 3 N–H and O–H groups in total. The lowest BCUT2D eigenvalue weighted by Gasteiger charge is -2.33. The van der Waals surface area contributed by atoms with Crippen molar-refractivity contribution in [2.24, 2.45) is 0 Å². The molecule has 198 valence electrons. The molecule has 1 amide bonds. The summed E-state index contributed by atoms with van der Waals surface area (Å²) in [4.78, 5) is 21.4. The Morgan fingerprint density at radius 2 is 1.82 bits per heavy atom. The molecule has 10 heteroatoms. The van der Waals surface area contributed by atoms with E-state index in [2.05, 4.69) is 15.2 Å². The van der Waals surface area contributed by atoms with Crippen molar-refractivity contribution in [3.8, 4) is 11.1 Å². The third kappa shape index (κ3) is 5.51. The Morgan fingerprint density at radius 1 is 1.05 bits per heavy atom. The average molecular weight is 524 g/mol. The van der Waals surface area contributed by atoms with Crippen LogP contribution in [0.25, 0.3) is 22.2 Å². The number of hydrogen-bond acceptors (Lipinski definition) is 6. The molecular formula is C28H28F3N5O2. The van der Waals surface area contributed by atoms with E-state index in [-0.39, 0.29) is 23.8 Å². The Bertz CT molecular complexity index is 1490. The molecule has 0 radical (unpaired) electrons. The summed E-state index contributed by atoms with van der Waals surface area (Å²) >= 11 is 0. The molecule has 7 nitrogen and oxygen atoms in total. The number of nitrogen functional groups attached to an aromatic ring is 1. The van der Waals surface area contributed by atoms with E-state index in [4.69, 9.17) is 10.2 Å². The molecule has 38 heavy (non-hydrogen) atoms. The molecule has 2 heterocycles. The first kappa shape index (κ1) is 25.7. The van der Waals surface area contributed by atoms with Crippen LogP contribution in [0.15, 0.2) is 59.0 Å². The standard InChI is InChI=1S/C28H28F3N5O2/c1-17-3-4-19(13-22(17)18-6-8-25-24(14-18)34-27(32)38-25)26(37)33-21-7-5-20(23(15-21)28(29,30)31)16-36-11-9-35(2)10-12-36/h3-8,13-15H,9-12,16H2,1-2H3,(H2,32,34)(H,33,37). The van der Waals surface area contributed by atoms with Gasteiger partial charge in [0.2, 0.25) is 0 Å². The third-order valence-electron chi connectivity index (χ3n) is 6.88. The molecule has 1 aliphatic rings. The Labute approximate surface area is 218 Å². The van der Waals surface area contributed by atoms with Crippen LogP contribution in [-0.4, -0.2) is 53.9 Å². The van der Waals surface area contributed by atoms with Gasteiger partial charge < -0.3 is 20.4 Å². The molecule has 3 aromatic carbocycles. The topological polar surface area (TPSA) is 87.6 Å². The first-order valence-corrected chi connectivity index (χ1v) is 12.3. The van der Waals surface area contributed by atoms with Gasteiger partial charge in [-0.3, -0.25) is 9.69 Å². The largest absolute Gasteiger partial charge is 0.424 e. The fourth-order valence-corrected chi connectivity index (χ4v) is 4.69. The Morgan fingerprint density at radius 3 is 2.55 bits per heavy atom. The van der Waals surface area contributed by atoms with E-state index in [9.17, 15) is 18.0 Å². The Kier molecular flexibility index (Phi) is 6.85. The lowest BCUT2D eigenvalue weighted by molar-refractivity contribution is -0.138. The van der Waals surface area contributed by atoms with Gasteiger partial charge in [-0.2, -0.15) is 18.2 Å². The lowest BCUT2D eigenvalue weighted by atomic mass is 9.97. The van der Waals surface area contributed by atoms with E-state index >= 15 is 0 Å². The first-order chi connectivity index (χ1) is 18.1. The van der Waals surface area contributed by atoms with Gasteiger partial charge >= 0.3 is 6.18 Å². The number of nitrogens with zero attached hydrogens (tertiary/aromatic N) is 3. The molecule has 1 fully saturated rings. The number of carbonyl (C=O) groups excluding carboxylic acids is 1. The van der Waals surface area contributed by atoms with Crippen molar-refractivity contribution in [3.05, 3.63) is 76.9 Å². The highest BCUT2D eigenvalue weighted by molar-refractivity contribution is 6.05. The van der Waals surface area contributed by atoms with Gasteiger partial charge in [0, 0.05) is 44.0 Å². The van der Waals surface area contributed by atoms with Crippen LogP contribution in [0.4, 0.5) is 24.9 Å². The normalized spacial score (nSPS) is 15.2. The number of nitrogens with two attached hydrogens (primary N) is 1. The van der Waals surface area contributed by atoms with Gasteiger partial charge in [-0.1, -0.05) is 18.2 Å². The molecule has 0 saturated carbocycles. The summed E-state index contributed by atoms with van der Waals surface area (Å²) < 4.78 is 47.2. The number of hydrogen-bond donors (Lipinski definition) is 2. The number of amides is 1. The van der Waals surface area contributed by atoms with Gasteiger partial charge in [-0.15, -0.1) is 0 Å². The van der Waals surface area contributed by atoms with Gasteiger partial charge in [-0.25, -0.2) is 0 Å². The summed E-state index contributed by atoms with van der Waals surface area (Å²) in [6.45, 7) is 5.16. The van der Waals surface area contributed by atoms with Crippen LogP contribution < -0.4 is 11.1 Å². The second-order valence-corrected chi connectivity index (χ2v) is 9.67. The summed E-state index contributed by atoms with van der Waals surface area (Å²) in [5.41, 5.74) is 9.17. The lowest BCUT2D eigenvalue weighted by Crippen LogP contribution is -2.44. The molecule has 5 rings (SSSR count). The van der Waals surface area contributed by atoms with Crippen LogP contribution >= 0.6 is 0 Å². The number of carbonyl (C=O) groups is 1. The Hall–Kier alpha value is -3.89. The van der Waals surface area contributed by atoms with Crippen LogP contribution in [0.2, 0.25) is 0 Å². The molecule has 4 aromatic rings. The monoisotopic (exact) mass is 523 g/mol. The number of anilines is 2. The predicted octanol–water partition coefficient (Wildman–Crippen LogP) is 5.40. The summed E-state index contributed by atoms with van der Waals surface area (Å²) in [6.07, 6.45) is -4.54. The van der Waals surface area contributed by atoms with Crippen molar-refractivity contribution in [1.29, 1.82) is 0 Å². The van der Waals surface area contributed by atoms with Gasteiger partial charge in [-0.05, 0) is 72.6 Å². The molecular weight excluding hydrogens is 495 g/mol. The van der Waals surface area contributed by atoms with Crippen LogP contribution in [0.3, 0.4) is 0 Å². The minimum absolute atomic E-state index is 0.0646. The zero-order chi connectivity index (χ0) is 27.0.